The molecule has 0 aliphatic rings. The van der Waals surface area contributed by atoms with Crippen LogP contribution in [0.25, 0.3) is 21.7 Å². The molecule has 0 saturated heterocycles. The summed E-state index contributed by atoms with van der Waals surface area (Å²) in [6.45, 7) is 4.01. The number of nitrogens with zero attached hydrogens (tertiary/aromatic N) is 3. The van der Waals surface area contributed by atoms with Crippen LogP contribution < -0.4 is 5.32 Å². The number of aryl methyl sites for hydroxylation is 2. The van der Waals surface area contributed by atoms with E-state index in [2.05, 4.69) is 34.3 Å². The second-order valence-corrected chi connectivity index (χ2v) is 7.45. The lowest BCUT2D eigenvalue weighted by Crippen LogP contribution is -2.11. The number of carbonyl (C=O) groups excluding carboxylic acids is 1. The number of benzene rings is 1. The Bertz CT molecular complexity index is 1080. The van der Waals surface area contributed by atoms with Crippen LogP contribution in [0.5, 0.6) is 0 Å². The summed E-state index contributed by atoms with van der Waals surface area (Å²) in [6, 6.07) is 15.7. The number of hydrogen-bond donors (Lipinski definition) is 1. The Morgan fingerprint density at radius 1 is 1.00 bits per heavy atom. The molecule has 0 spiro atoms. The lowest BCUT2D eigenvalue weighted by atomic mass is 10.1. The van der Waals surface area contributed by atoms with Crippen LogP contribution in [-0.4, -0.2) is 20.9 Å². The normalized spacial score (nSPS) is 10.6. The van der Waals surface area contributed by atoms with Gasteiger partial charge in [0.05, 0.1) is 16.1 Å². The van der Waals surface area contributed by atoms with Crippen LogP contribution in [0.15, 0.2) is 67.1 Å². The zero-order chi connectivity index (χ0) is 19.5. The average molecular weight is 386 g/mol. The standard InChI is InChI=1S/C22H18N4OS/c1-14-5-3-6-16(11-14)19-20(17-8-10-24-15(2)12-17)28-22(25-19)26-21(27)18-7-4-9-23-13-18/h3-13H,1-2H3,(H,25,26,27). The molecule has 0 unspecified atom stereocenters. The summed E-state index contributed by atoms with van der Waals surface area (Å²) < 4.78 is 0. The summed E-state index contributed by atoms with van der Waals surface area (Å²) in [5, 5.41) is 3.45. The average Bonchev–Trinajstić information content (AvgIpc) is 3.12. The third-order valence-corrected chi connectivity index (χ3v) is 5.24. The summed E-state index contributed by atoms with van der Waals surface area (Å²) >= 11 is 1.45. The Morgan fingerprint density at radius 3 is 2.64 bits per heavy atom. The molecular weight excluding hydrogens is 368 g/mol. The molecule has 0 bridgehead atoms. The molecule has 28 heavy (non-hydrogen) atoms. The van der Waals surface area contributed by atoms with Gasteiger partial charge in [0, 0.05) is 29.8 Å². The fraction of sp³-hybridized carbons (Fsp3) is 0.0909. The molecule has 1 N–H and O–H groups in total. The van der Waals surface area contributed by atoms with Crippen molar-refractivity contribution in [1.82, 2.24) is 15.0 Å². The minimum absolute atomic E-state index is 0.227. The first-order valence-corrected chi connectivity index (χ1v) is 9.64. The largest absolute Gasteiger partial charge is 0.298 e. The summed E-state index contributed by atoms with van der Waals surface area (Å²) in [5.74, 6) is -0.227. The zero-order valence-corrected chi connectivity index (χ0v) is 16.3. The fourth-order valence-electron chi connectivity index (χ4n) is 2.91. The number of rotatable bonds is 4. The van der Waals surface area contributed by atoms with Gasteiger partial charge >= 0.3 is 0 Å². The van der Waals surface area contributed by atoms with Crippen molar-refractivity contribution in [3.05, 3.63) is 83.9 Å². The Morgan fingerprint density at radius 2 is 1.89 bits per heavy atom. The third kappa shape index (κ3) is 3.82. The van der Waals surface area contributed by atoms with Crippen LogP contribution in [0.2, 0.25) is 0 Å². The summed E-state index contributed by atoms with van der Waals surface area (Å²) in [5.41, 5.74) is 5.48. The van der Waals surface area contributed by atoms with Crippen molar-refractivity contribution in [2.45, 2.75) is 13.8 Å². The molecule has 3 heterocycles. The molecule has 3 aromatic heterocycles. The van der Waals surface area contributed by atoms with Crippen molar-refractivity contribution >= 4 is 22.4 Å². The second kappa shape index (κ2) is 7.70. The molecule has 0 aliphatic heterocycles. The van der Waals surface area contributed by atoms with E-state index in [1.807, 2.05) is 31.2 Å². The van der Waals surface area contributed by atoms with Gasteiger partial charge < -0.3 is 0 Å². The molecule has 0 fully saturated rings. The molecule has 138 valence electrons. The number of hydrogen-bond acceptors (Lipinski definition) is 5. The molecule has 0 atom stereocenters. The number of anilines is 1. The smallest absolute Gasteiger partial charge is 0.259 e. The van der Waals surface area contributed by atoms with Crippen LogP contribution in [0.1, 0.15) is 21.6 Å². The molecule has 0 aliphatic carbocycles. The third-order valence-electron chi connectivity index (χ3n) is 4.22. The molecule has 1 aromatic carbocycles. The number of nitrogens with one attached hydrogen (secondary N) is 1. The van der Waals surface area contributed by atoms with E-state index in [9.17, 15) is 4.79 Å². The van der Waals surface area contributed by atoms with E-state index in [4.69, 9.17) is 4.98 Å². The number of pyridine rings is 2. The maximum absolute atomic E-state index is 12.5. The minimum atomic E-state index is -0.227. The predicted octanol–water partition coefficient (Wildman–Crippen LogP) is 5.14. The van der Waals surface area contributed by atoms with Gasteiger partial charge in [0.25, 0.3) is 5.91 Å². The van der Waals surface area contributed by atoms with Crippen LogP contribution in [0, 0.1) is 13.8 Å². The number of aromatic nitrogens is 3. The quantitative estimate of drug-likeness (QED) is 0.527. The van der Waals surface area contributed by atoms with Crippen molar-refractivity contribution < 1.29 is 4.79 Å². The van der Waals surface area contributed by atoms with Crippen molar-refractivity contribution in [2.75, 3.05) is 5.32 Å². The van der Waals surface area contributed by atoms with Crippen molar-refractivity contribution in [2.24, 2.45) is 0 Å². The Kier molecular flexibility index (Phi) is 4.95. The van der Waals surface area contributed by atoms with Crippen LogP contribution in [0.3, 0.4) is 0 Å². The van der Waals surface area contributed by atoms with Gasteiger partial charge in [0.15, 0.2) is 5.13 Å². The first-order chi connectivity index (χ1) is 13.6. The van der Waals surface area contributed by atoms with E-state index in [1.54, 1.807) is 24.5 Å². The van der Waals surface area contributed by atoms with Crippen molar-refractivity contribution in [1.29, 1.82) is 0 Å². The lowest BCUT2D eigenvalue weighted by molar-refractivity contribution is 0.102. The highest BCUT2D eigenvalue weighted by molar-refractivity contribution is 7.19. The summed E-state index contributed by atoms with van der Waals surface area (Å²) in [4.78, 5) is 26.5. The predicted molar refractivity (Wildman–Crippen MR) is 112 cm³/mol. The van der Waals surface area contributed by atoms with E-state index < -0.39 is 0 Å². The zero-order valence-electron chi connectivity index (χ0n) is 15.5. The molecule has 0 saturated carbocycles. The van der Waals surface area contributed by atoms with E-state index >= 15 is 0 Å². The fourth-order valence-corrected chi connectivity index (χ4v) is 3.89. The maximum Gasteiger partial charge on any atom is 0.259 e. The second-order valence-electron chi connectivity index (χ2n) is 6.45. The Hall–Kier alpha value is -3.38. The number of carbonyl (C=O) groups is 1. The van der Waals surface area contributed by atoms with E-state index in [0.717, 1.165) is 33.0 Å². The molecule has 0 radical (unpaired) electrons. The minimum Gasteiger partial charge on any atom is -0.298 e. The topological polar surface area (TPSA) is 67.8 Å². The molecule has 5 nitrogen and oxygen atoms in total. The molecule has 1 amide bonds. The summed E-state index contributed by atoms with van der Waals surface area (Å²) in [6.07, 6.45) is 4.97. The van der Waals surface area contributed by atoms with Crippen LogP contribution in [-0.2, 0) is 0 Å². The molecule has 6 heteroatoms. The van der Waals surface area contributed by atoms with Crippen LogP contribution >= 0.6 is 11.3 Å². The highest BCUT2D eigenvalue weighted by Gasteiger charge is 2.17. The van der Waals surface area contributed by atoms with Gasteiger partial charge in [0.1, 0.15) is 0 Å². The van der Waals surface area contributed by atoms with Gasteiger partial charge in [-0.3, -0.25) is 20.1 Å². The van der Waals surface area contributed by atoms with E-state index in [1.165, 1.54) is 17.5 Å². The lowest BCUT2D eigenvalue weighted by Gasteiger charge is -2.04. The van der Waals surface area contributed by atoms with Gasteiger partial charge in [-0.2, -0.15) is 0 Å². The van der Waals surface area contributed by atoms with Gasteiger partial charge in [-0.15, -0.1) is 0 Å². The Labute approximate surface area is 167 Å². The van der Waals surface area contributed by atoms with E-state index in [0.29, 0.717) is 10.7 Å². The van der Waals surface area contributed by atoms with Gasteiger partial charge in [-0.1, -0.05) is 35.1 Å². The van der Waals surface area contributed by atoms with Crippen LogP contribution in [0.4, 0.5) is 5.13 Å². The van der Waals surface area contributed by atoms with Gasteiger partial charge in [-0.25, -0.2) is 4.98 Å². The Balaban J connectivity index is 1.77. The monoisotopic (exact) mass is 386 g/mol. The molecular formula is C22H18N4OS. The van der Waals surface area contributed by atoms with E-state index in [-0.39, 0.29) is 5.91 Å². The molecule has 4 aromatic rings. The van der Waals surface area contributed by atoms with Crippen molar-refractivity contribution in [3.63, 3.8) is 0 Å². The maximum atomic E-state index is 12.5. The van der Waals surface area contributed by atoms with Crippen molar-refractivity contribution in [3.8, 4) is 21.7 Å². The van der Waals surface area contributed by atoms with Gasteiger partial charge in [-0.05, 0) is 49.7 Å². The first-order valence-electron chi connectivity index (χ1n) is 8.82. The SMILES string of the molecule is Cc1cccc(-c2nc(NC(=O)c3cccnc3)sc2-c2ccnc(C)c2)c1. The van der Waals surface area contributed by atoms with Gasteiger partial charge in [0.2, 0.25) is 0 Å². The first kappa shape index (κ1) is 18.0. The number of amides is 1. The number of thiazole rings is 1. The highest BCUT2D eigenvalue weighted by atomic mass is 32.1. The molecule has 4 rings (SSSR count). The summed E-state index contributed by atoms with van der Waals surface area (Å²) in [7, 11) is 0. The highest BCUT2D eigenvalue weighted by Crippen LogP contribution is 2.39.